The number of hydrogen-bond acceptors (Lipinski definition) is 4. The van der Waals surface area contributed by atoms with Gasteiger partial charge in [-0.1, -0.05) is 18.2 Å². The van der Waals surface area contributed by atoms with Gasteiger partial charge >= 0.3 is 0 Å². The molecule has 3 aromatic rings. The number of anilines is 1. The summed E-state index contributed by atoms with van der Waals surface area (Å²) in [4.78, 5) is 32.0. The van der Waals surface area contributed by atoms with E-state index in [0.29, 0.717) is 17.6 Å². The van der Waals surface area contributed by atoms with E-state index < -0.39 is 5.54 Å². The lowest BCUT2D eigenvalue weighted by Gasteiger charge is -2.41. The maximum atomic E-state index is 13.5. The Morgan fingerprint density at radius 3 is 2.70 bits per heavy atom. The van der Waals surface area contributed by atoms with Crippen LogP contribution >= 0.6 is 0 Å². The van der Waals surface area contributed by atoms with Crippen LogP contribution < -0.4 is 15.2 Å². The smallest absolute Gasteiger partial charge is 0.269 e. The first kappa shape index (κ1) is 19.9. The van der Waals surface area contributed by atoms with E-state index in [1.165, 1.54) is 10.8 Å². The topological polar surface area (TPSA) is 64.4 Å². The fourth-order valence-corrected chi connectivity index (χ4v) is 4.20. The maximum Gasteiger partial charge on any atom is 0.269 e. The van der Waals surface area contributed by atoms with Gasteiger partial charge in [0.1, 0.15) is 12.3 Å². The number of carbonyl (C=O) groups is 1. The molecule has 6 heteroatoms. The molecule has 1 amide bonds. The van der Waals surface area contributed by atoms with Crippen LogP contribution in [0, 0.1) is 0 Å². The second-order valence-electron chi connectivity index (χ2n) is 7.99. The predicted molar refractivity (Wildman–Crippen MR) is 119 cm³/mol. The summed E-state index contributed by atoms with van der Waals surface area (Å²) in [6.45, 7) is 8.50. The first-order chi connectivity index (χ1) is 14.3. The molecule has 0 unspecified atom stereocenters. The summed E-state index contributed by atoms with van der Waals surface area (Å²) < 4.78 is 7.13. The number of fused-ring (bicyclic) bond motifs is 2. The van der Waals surface area contributed by atoms with E-state index in [-0.39, 0.29) is 18.0 Å². The number of nitrogens with zero attached hydrogens (tertiary/aromatic N) is 3. The molecular formula is C24H25N3O3. The monoisotopic (exact) mass is 403 g/mol. The van der Waals surface area contributed by atoms with Gasteiger partial charge in [-0.3, -0.25) is 14.2 Å². The Bertz CT molecular complexity index is 1220. The number of carbonyl (C=O) groups excluding carboxylic acids is 1. The highest BCUT2D eigenvalue weighted by molar-refractivity contribution is 6.00. The molecule has 1 aliphatic rings. The molecule has 0 fully saturated rings. The average molecular weight is 403 g/mol. The Balaban J connectivity index is 1.78. The Hall–Kier alpha value is -3.41. The standard InChI is InChI=1S/C24H25N3O3/c1-5-30-17-10-11-20-18(12-17)16(2)13-24(3,4)27(20)23(29)15-26-21-9-7-6-8-19(21)25-14-22(26)28/h6-14H,5,15H2,1-4H3. The van der Waals surface area contributed by atoms with Crippen molar-refractivity contribution in [3.63, 3.8) is 0 Å². The van der Waals surface area contributed by atoms with Crippen molar-refractivity contribution in [3.05, 3.63) is 70.7 Å². The summed E-state index contributed by atoms with van der Waals surface area (Å²) >= 11 is 0. The Morgan fingerprint density at radius 1 is 1.17 bits per heavy atom. The SMILES string of the molecule is CCOc1ccc2c(c1)C(C)=CC(C)(C)N2C(=O)Cn1c(=O)cnc2ccccc21. The molecule has 1 aliphatic heterocycles. The second-order valence-corrected chi connectivity index (χ2v) is 7.99. The molecule has 2 aromatic carbocycles. The van der Waals surface area contributed by atoms with Gasteiger partial charge in [-0.2, -0.15) is 0 Å². The fourth-order valence-electron chi connectivity index (χ4n) is 4.20. The molecule has 30 heavy (non-hydrogen) atoms. The van der Waals surface area contributed by atoms with Gasteiger partial charge in [-0.05, 0) is 63.6 Å². The molecule has 6 nitrogen and oxygen atoms in total. The van der Waals surface area contributed by atoms with Crippen LogP contribution in [0.15, 0.2) is 59.5 Å². The highest BCUT2D eigenvalue weighted by Gasteiger charge is 2.36. The van der Waals surface area contributed by atoms with Crippen molar-refractivity contribution in [2.45, 2.75) is 39.8 Å². The lowest BCUT2D eigenvalue weighted by molar-refractivity contribution is -0.120. The zero-order valence-corrected chi connectivity index (χ0v) is 17.7. The third-order valence-corrected chi connectivity index (χ3v) is 5.39. The molecule has 0 atom stereocenters. The van der Waals surface area contributed by atoms with Crippen LogP contribution in [-0.2, 0) is 11.3 Å². The van der Waals surface area contributed by atoms with Crippen LogP contribution in [0.4, 0.5) is 5.69 Å². The molecule has 1 aromatic heterocycles. The van der Waals surface area contributed by atoms with Crippen LogP contribution in [0.25, 0.3) is 16.6 Å². The van der Waals surface area contributed by atoms with E-state index in [9.17, 15) is 9.59 Å². The first-order valence-corrected chi connectivity index (χ1v) is 10.1. The lowest BCUT2D eigenvalue weighted by Crippen LogP contribution is -2.50. The summed E-state index contributed by atoms with van der Waals surface area (Å²) in [6, 6.07) is 13.1. The highest BCUT2D eigenvalue weighted by atomic mass is 16.5. The summed E-state index contributed by atoms with van der Waals surface area (Å²) in [5, 5.41) is 0. The van der Waals surface area contributed by atoms with Gasteiger partial charge < -0.3 is 9.64 Å². The minimum absolute atomic E-state index is 0.0646. The molecule has 0 saturated heterocycles. The van der Waals surface area contributed by atoms with Crippen molar-refractivity contribution in [1.82, 2.24) is 9.55 Å². The number of para-hydroxylation sites is 2. The number of benzene rings is 2. The zero-order chi connectivity index (χ0) is 21.5. The highest BCUT2D eigenvalue weighted by Crippen LogP contribution is 2.40. The number of allylic oxidation sites excluding steroid dienone is 1. The Morgan fingerprint density at radius 2 is 1.93 bits per heavy atom. The van der Waals surface area contributed by atoms with E-state index >= 15 is 0 Å². The molecule has 0 radical (unpaired) electrons. The molecule has 0 spiro atoms. The molecule has 0 aliphatic carbocycles. The van der Waals surface area contributed by atoms with E-state index in [2.05, 4.69) is 11.1 Å². The van der Waals surface area contributed by atoms with Crippen molar-refractivity contribution in [1.29, 1.82) is 0 Å². The van der Waals surface area contributed by atoms with Crippen molar-refractivity contribution in [3.8, 4) is 5.75 Å². The van der Waals surface area contributed by atoms with E-state index in [0.717, 1.165) is 22.6 Å². The quantitative estimate of drug-likeness (QED) is 0.660. The molecule has 0 saturated carbocycles. The third kappa shape index (κ3) is 3.38. The van der Waals surface area contributed by atoms with E-state index in [4.69, 9.17) is 4.74 Å². The van der Waals surface area contributed by atoms with Gasteiger partial charge in [0.2, 0.25) is 5.91 Å². The van der Waals surface area contributed by atoms with Crippen LogP contribution in [0.3, 0.4) is 0 Å². The normalized spacial score (nSPS) is 14.9. The Labute approximate surface area is 175 Å². The third-order valence-electron chi connectivity index (χ3n) is 5.39. The van der Waals surface area contributed by atoms with Crippen molar-refractivity contribution >= 4 is 28.2 Å². The van der Waals surface area contributed by atoms with Crippen LogP contribution in [0.5, 0.6) is 5.75 Å². The lowest BCUT2D eigenvalue weighted by atomic mass is 9.88. The molecule has 4 rings (SSSR count). The second kappa shape index (κ2) is 7.44. The van der Waals surface area contributed by atoms with E-state index in [1.54, 1.807) is 4.90 Å². The average Bonchev–Trinajstić information content (AvgIpc) is 2.70. The molecule has 0 bridgehead atoms. The summed E-state index contributed by atoms with van der Waals surface area (Å²) in [6.07, 6.45) is 3.35. The van der Waals surface area contributed by atoms with Crippen molar-refractivity contribution in [2.24, 2.45) is 0 Å². The summed E-state index contributed by atoms with van der Waals surface area (Å²) in [5.74, 6) is 0.611. The Kier molecular flexibility index (Phi) is 4.94. The largest absolute Gasteiger partial charge is 0.494 e. The zero-order valence-electron chi connectivity index (χ0n) is 17.7. The van der Waals surface area contributed by atoms with E-state index in [1.807, 2.05) is 70.2 Å². The molecular weight excluding hydrogens is 378 g/mol. The molecule has 2 heterocycles. The van der Waals surface area contributed by atoms with Crippen molar-refractivity contribution in [2.75, 3.05) is 11.5 Å². The van der Waals surface area contributed by atoms with Crippen LogP contribution in [-0.4, -0.2) is 27.6 Å². The minimum Gasteiger partial charge on any atom is -0.494 e. The first-order valence-electron chi connectivity index (χ1n) is 10.1. The van der Waals surface area contributed by atoms with Crippen LogP contribution in [0.1, 0.15) is 33.3 Å². The fraction of sp³-hybridized carbons (Fsp3) is 0.292. The number of hydrogen-bond donors (Lipinski definition) is 0. The van der Waals surface area contributed by atoms with Gasteiger partial charge in [0.05, 0.1) is 35.1 Å². The van der Waals surface area contributed by atoms with Gasteiger partial charge in [0, 0.05) is 5.56 Å². The number of ether oxygens (including phenoxy) is 1. The van der Waals surface area contributed by atoms with Crippen molar-refractivity contribution < 1.29 is 9.53 Å². The summed E-state index contributed by atoms with van der Waals surface area (Å²) in [5.41, 5.74) is 3.36. The van der Waals surface area contributed by atoms with Gasteiger partial charge in [-0.25, -0.2) is 4.98 Å². The van der Waals surface area contributed by atoms with Gasteiger partial charge in [0.15, 0.2) is 0 Å². The number of rotatable bonds is 4. The predicted octanol–water partition coefficient (Wildman–Crippen LogP) is 4.02. The summed E-state index contributed by atoms with van der Waals surface area (Å²) in [7, 11) is 0. The number of aromatic nitrogens is 2. The molecule has 154 valence electrons. The maximum absolute atomic E-state index is 13.5. The van der Waals surface area contributed by atoms with Gasteiger partial charge in [0.25, 0.3) is 5.56 Å². The number of amides is 1. The van der Waals surface area contributed by atoms with Crippen LogP contribution in [0.2, 0.25) is 0 Å². The van der Waals surface area contributed by atoms with Gasteiger partial charge in [-0.15, -0.1) is 0 Å². The molecule has 0 N–H and O–H groups in total. The minimum atomic E-state index is -0.534.